The van der Waals surface area contributed by atoms with E-state index in [0.29, 0.717) is 50.2 Å². The van der Waals surface area contributed by atoms with Crippen LogP contribution in [-0.4, -0.2) is 83.2 Å². The molecule has 11 heteroatoms. The van der Waals surface area contributed by atoms with E-state index < -0.39 is 0 Å². The van der Waals surface area contributed by atoms with Crippen molar-refractivity contribution >= 4 is 63.9 Å². The molecule has 2 aromatic carbocycles. The number of rotatable bonds is 9. The second kappa shape index (κ2) is 14.2. The molecule has 1 atom stereocenters. The van der Waals surface area contributed by atoms with E-state index in [1.54, 1.807) is 37.4 Å². The van der Waals surface area contributed by atoms with Crippen LogP contribution in [0.1, 0.15) is 60.4 Å². The zero-order valence-corrected chi connectivity index (χ0v) is 25.5. The van der Waals surface area contributed by atoms with Gasteiger partial charge in [0.05, 0.1) is 22.3 Å². The molecule has 40 heavy (non-hydrogen) atoms. The zero-order valence-electron chi connectivity index (χ0n) is 22.5. The number of benzene rings is 2. The fourth-order valence-corrected chi connectivity index (χ4v) is 6.49. The van der Waals surface area contributed by atoms with Crippen molar-refractivity contribution < 1.29 is 14.8 Å². The SMILES string of the molecule is CN(C/C(=N\O)C(CCN1CCC(N2CCCCC2=O)CC1)c1ccc(Cl)c(Cl)c1)C(=O)c1cc(Cl)cc(Cl)c1. The Morgan fingerprint density at radius 1 is 1.02 bits per heavy atom. The number of halogens is 4. The molecule has 0 radical (unpaired) electrons. The van der Waals surface area contributed by atoms with Crippen LogP contribution >= 0.6 is 46.4 Å². The predicted octanol–water partition coefficient (Wildman–Crippen LogP) is 6.85. The lowest BCUT2D eigenvalue weighted by molar-refractivity contribution is -0.136. The van der Waals surface area contributed by atoms with Crippen LogP contribution in [-0.2, 0) is 4.79 Å². The van der Waals surface area contributed by atoms with Crippen LogP contribution in [0.25, 0.3) is 0 Å². The van der Waals surface area contributed by atoms with Gasteiger partial charge in [0.15, 0.2) is 0 Å². The van der Waals surface area contributed by atoms with Gasteiger partial charge in [-0.15, -0.1) is 0 Å². The Morgan fingerprint density at radius 2 is 1.73 bits per heavy atom. The Labute approximate surface area is 255 Å². The summed E-state index contributed by atoms with van der Waals surface area (Å²) >= 11 is 24.7. The monoisotopic (exact) mass is 626 g/mol. The fraction of sp³-hybridized carbons (Fsp3) is 0.483. The second-order valence-electron chi connectivity index (χ2n) is 10.5. The Morgan fingerprint density at radius 3 is 2.35 bits per heavy atom. The third kappa shape index (κ3) is 7.83. The molecule has 2 aliphatic heterocycles. The number of oxime groups is 1. The number of piperidine rings is 2. The Bertz CT molecular complexity index is 1230. The van der Waals surface area contributed by atoms with Gasteiger partial charge in [0.2, 0.25) is 5.91 Å². The van der Waals surface area contributed by atoms with Gasteiger partial charge in [-0.2, -0.15) is 0 Å². The molecular weight excluding hydrogens is 594 g/mol. The summed E-state index contributed by atoms with van der Waals surface area (Å²) in [5, 5.41) is 15.3. The zero-order chi connectivity index (χ0) is 28.8. The number of carbonyl (C=O) groups excluding carboxylic acids is 2. The van der Waals surface area contributed by atoms with Crippen molar-refractivity contribution in [2.45, 2.75) is 50.5 Å². The molecule has 1 unspecified atom stereocenters. The smallest absolute Gasteiger partial charge is 0.254 e. The molecule has 4 rings (SSSR count). The molecule has 2 fully saturated rings. The lowest BCUT2D eigenvalue weighted by Crippen LogP contribution is -2.49. The summed E-state index contributed by atoms with van der Waals surface area (Å²) in [5.74, 6) is -0.320. The van der Waals surface area contributed by atoms with E-state index >= 15 is 0 Å². The maximum atomic E-state index is 13.1. The maximum Gasteiger partial charge on any atom is 0.254 e. The predicted molar refractivity (Wildman–Crippen MR) is 161 cm³/mol. The van der Waals surface area contributed by atoms with Crippen molar-refractivity contribution in [3.63, 3.8) is 0 Å². The molecule has 1 N–H and O–H groups in total. The lowest BCUT2D eigenvalue weighted by Gasteiger charge is -2.40. The second-order valence-corrected chi connectivity index (χ2v) is 12.2. The third-order valence-corrected chi connectivity index (χ3v) is 9.00. The Kier molecular flexibility index (Phi) is 11.0. The minimum atomic E-state index is -0.306. The number of carbonyl (C=O) groups is 2. The van der Waals surface area contributed by atoms with Gasteiger partial charge in [-0.1, -0.05) is 57.6 Å². The quantitative estimate of drug-likeness (QED) is 0.187. The third-order valence-electron chi connectivity index (χ3n) is 7.82. The number of nitrogens with zero attached hydrogens (tertiary/aromatic N) is 4. The van der Waals surface area contributed by atoms with Gasteiger partial charge in [-0.3, -0.25) is 9.59 Å². The van der Waals surface area contributed by atoms with Crippen LogP contribution in [0.3, 0.4) is 0 Å². The molecule has 2 amide bonds. The van der Waals surface area contributed by atoms with Crippen LogP contribution < -0.4 is 0 Å². The van der Waals surface area contributed by atoms with E-state index in [2.05, 4.69) is 15.0 Å². The maximum absolute atomic E-state index is 13.1. The summed E-state index contributed by atoms with van der Waals surface area (Å²) in [6, 6.07) is 10.4. The first kappa shape index (κ1) is 30.9. The summed E-state index contributed by atoms with van der Waals surface area (Å²) in [7, 11) is 1.64. The number of hydrogen-bond donors (Lipinski definition) is 1. The average molecular weight is 628 g/mol. The number of likely N-dealkylation sites (tertiary alicyclic amines) is 2. The molecule has 2 heterocycles. The van der Waals surface area contributed by atoms with Crippen molar-refractivity contribution in [1.29, 1.82) is 0 Å². The number of hydrogen-bond acceptors (Lipinski definition) is 5. The van der Waals surface area contributed by atoms with Crippen molar-refractivity contribution in [2.24, 2.45) is 5.16 Å². The molecule has 0 bridgehead atoms. The molecule has 0 aromatic heterocycles. The fourth-order valence-electron chi connectivity index (χ4n) is 5.66. The molecule has 7 nitrogen and oxygen atoms in total. The van der Waals surface area contributed by atoms with Crippen molar-refractivity contribution in [3.05, 3.63) is 67.6 Å². The van der Waals surface area contributed by atoms with Crippen molar-refractivity contribution in [1.82, 2.24) is 14.7 Å². The average Bonchev–Trinajstić information content (AvgIpc) is 2.94. The summed E-state index contributed by atoms with van der Waals surface area (Å²) in [6.07, 6.45) is 5.29. The van der Waals surface area contributed by atoms with E-state index in [4.69, 9.17) is 46.4 Å². The normalized spacial score (nSPS) is 18.2. The van der Waals surface area contributed by atoms with Crippen molar-refractivity contribution in [2.75, 3.05) is 39.8 Å². The summed E-state index contributed by atoms with van der Waals surface area (Å²) in [6.45, 7) is 3.49. The number of amides is 2. The van der Waals surface area contributed by atoms with Gasteiger partial charge in [0.1, 0.15) is 0 Å². The van der Waals surface area contributed by atoms with Crippen LogP contribution in [0.4, 0.5) is 0 Å². The highest BCUT2D eigenvalue weighted by molar-refractivity contribution is 6.42. The minimum Gasteiger partial charge on any atom is -0.411 e. The minimum absolute atomic E-state index is 0.0868. The first-order valence-corrected chi connectivity index (χ1v) is 15.1. The molecule has 0 aliphatic carbocycles. The largest absolute Gasteiger partial charge is 0.411 e. The van der Waals surface area contributed by atoms with Crippen LogP contribution in [0.15, 0.2) is 41.6 Å². The summed E-state index contributed by atoms with van der Waals surface area (Å²) in [5.41, 5.74) is 1.62. The Balaban J connectivity index is 1.45. The molecule has 2 aromatic rings. The molecule has 0 saturated carbocycles. The Hall–Kier alpha value is -2.03. The van der Waals surface area contributed by atoms with Crippen molar-refractivity contribution in [3.8, 4) is 0 Å². The van der Waals surface area contributed by atoms with E-state index in [9.17, 15) is 14.8 Å². The van der Waals surface area contributed by atoms with E-state index in [1.165, 1.54) is 4.90 Å². The summed E-state index contributed by atoms with van der Waals surface area (Å²) < 4.78 is 0. The van der Waals surface area contributed by atoms with Crippen LogP contribution in [0, 0.1) is 0 Å². The van der Waals surface area contributed by atoms with Gasteiger partial charge >= 0.3 is 0 Å². The molecule has 216 valence electrons. The first-order valence-electron chi connectivity index (χ1n) is 13.6. The molecule has 2 saturated heterocycles. The van der Waals surface area contributed by atoms with Crippen LogP contribution in [0.5, 0.6) is 0 Å². The van der Waals surface area contributed by atoms with Gasteiger partial charge in [0, 0.05) is 60.7 Å². The standard InChI is InChI=1S/C29H34Cl4N4O3/c1-35(29(39)20-14-21(30)17-22(31)15-20)18-27(34-40)24(19-5-6-25(32)26(33)16-19)9-13-36-11-7-23(8-12-36)37-10-3-2-4-28(37)38/h5-6,14-17,23-24,40H,2-4,7-13,18H2,1H3/b34-27+. The van der Waals surface area contributed by atoms with Gasteiger partial charge in [-0.25, -0.2) is 0 Å². The molecule has 0 spiro atoms. The highest BCUT2D eigenvalue weighted by Crippen LogP contribution is 2.31. The first-order chi connectivity index (χ1) is 19.2. The lowest BCUT2D eigenvalue weighted by atomic mass is 9.89. The van der Waals surface area contributed by atoms with Gasteiger partial charge < -0.3 is 19.9 Å². The van der Waals surface area contributed by atoms with E-state index in [0.717, 1.165) is 57.4 Å². The molecular formula is C29H34Cl4N4O3. The van der Waals surface area contributed by atoms with Gasteiger partial charge in [-0.05, 0) is 74.5 Å². The summed E-state index contributed by atoms with van der Waals surface area (Å²) in [4.78, 5) is 31.5. The topological polar surface area (TPSA) is 76.5 Å². The van der Waals surface area contributed by atoms with E-state index in [-0.39, 0.29) is 24.3 Å². The highest BCUT2D eigenvalue weighted by Gasteiger charge is 2.30. The molecule has 2 aliphatic rings. The highest BCUT2D eigenvalue weighted by atomic mass is 35.5. The van der Waals surface area contributed by atoms with E-state index in [1.807, 2.05) is 6.07 Å². The van der Waals surface area contributed by atoms with Gasteiger partial charge in [0.25, 0.3) is 5.91 Å². The van der Waals surface area contributed by atoms with Crippen LogP contribution in [0.2, 0.25) is 20.1 Å².